The van der Waals surface area contributed by atoms with Gasteiger partial charge in [0.1, 0.15) is 0 Å². The molecule has 1 aromatic carbocycles. The van der Waals surface area contributed by atoms with Gasteiger partial charge in [0, 0.05) is 19.6 Å². The second kappa shape index (κ2) is 8.32. The molecule has 138 valence electrons. The van der Waals surface area contributed by atoms with E-state index < -0.39 is 10.0 Å². The molecule has 1 amide bonds. The lowest BCUT2D eigenvalue weighted by Crippen LogP contribution is -2.46. The fourth-order valence-electron chi connectivity index (χ4n) is 3.90. The van der Waals surface area contributed by atoms with E-state index in [0.29, 0.717) is 17.4 Å². The standard InChI is InChI=1S/C19H28N2O3S/c22-19(20-14-16-8-3-1-4-9-16)17-10-7-13-21(15-17)25(23,24)18-11-5-2-6-12-18/h2,5-6,11-12,16-17H,1,3-4,7-10,13-15H2,(H,20,22). The van der Waals surface area contributed by atoms with E-state index in [9.17, 15) is 13.2 Å². The molecule has 1 N–H and O–H groups in total. The number of sulfonamides is 1. The Morgan fingerprint density at radius 2 is 1.76 bits per heavy atom. The first kappa shape index (κ1) is 18.4. The molecule has 6 heteroatoms. The molecule has 1 atom stereocenters. The average Bonchev–Trinajstić information content (AvgIpc) is 2.67. The lowest BCUT2D eigenvalue weighted by atomic mass is 9.89. The minimum atomic E-state index is -3.51. The van der Waals surface area contributed by atoms with Gasteiger partial charge in [0.2, 0.25) is 15.9 Å². The lowest BCUT2D eigenvalue weighted by Gasteiger charge is -2.31. The summed E-state index contributed by atoms with van der Waals surface area (Å²) in [6, 6.07) is 8.48. The number of amides is 1. The summed E-state index contributed by atoms with van der Waals surface area (Å²) in [6.07, 6.45) is 7.70. The zero-order chi connectivity index (χ0) is 17.7. The van der Waals surface area contributed by atoms with Crippen LogP contribution in [0.1, 0.15) is 44.9 Å². The molecule has 1 aliphatic carbocycles. The van der Waals surface area contributed by atoms with Gasteiger partial charge in [-0.3, -0.25) is 4.79 Å². The van der Waals surface area contributed by atoms with E-state index in [2.05, 4.69) is 5.32 Å². The number of piperidine rings is 1. The smallest absolute Gasteiger partial charge is 0.243 e. The van der Waals surface area contributed by atoms with Crippen molar-refractivity contribution in [3.63, 3.8) is 0 Å². The van der Waals surface area contributed by atoms with Crippen molar-refractivity contribution in [2.45, 2.75) is 49.8 Å². The third-order valence-electron chi connectivity index (χ3n) is 5.43. The molecule has 5 nitrogen and oxygen atoms in total. The van der Waals surface area contributed by atoms with Gasteiger partial charge in [-0.2, -0.15) is 4.31 Å². The first-order valence-corrected chi connectivity index (χ1v) is 10.8. The molecule has 25 heavy (non-hydrogen) atoms. The highest BCUT2D eigenvalue weighted by atomic mass is 32.2. The number of rotatable bonds is 5. The summed E-state index contributed by atoms with van der Waals surface area (Å²) in [7, 11) is -3.51. The largest absolute Gasteiger partial charge is 0.356 e. The van der Waals surface area contributed by atoms with Gasteiger partial charge in [-0.15, -0.1) is 0 Å². The third-order valence-corrected chi connectivity index (χ3v) is 7.30. The topological polar surface area (TPSA) is 66.5 Å². The van der Waals surface area contributed by atoms with Crippen molar-refractivity contribution in [3.8, 4) is 0 Å². The Kier molecular flexibility index (Phi) is 6.12. The molecule has 1 aromatic rings. The second-order valence-electron chi connectivity index (χ2n) is 7.26. The molecule has 2 fully saturated rings. The first-order valence-electron chi connectivity index (χ1n) is 9.40. The van der Waals surface area contributed by atoms with Gasteiger partial charge in [-0.25, -0.2) is 8.42 Å². The van der Waals surface area contributed by atoms with Crippen molar-refractivity contribution < 1.29 is 13.2 Å². The molecule has 0 bridgehead atoms. The predicted octanol–water partition coefficient (Wildman–Crippen LogP) is 2.78. The molecule has 2 aliphatic rings. The lowest BCUT2D eigenvalue weighted by molar-refractivity contribution is -0.126. The number of carbonyl (C=O) groups excluding carboxylic acids is 1. The van der Waals surface area contributed by atoms with Crippen LogP contribution in [-0.4, -0.2) is 38.3 Å². The van der Waals surface area contributed by atoms with Gasteiger partial charge in [0.25, 0.3) is 0 Å². The zero-order valence-corrected chi connectivity index (χ0v) is 15.5. The van der Waals surface area contributed by atoms with Crippen LogP contribution in [0, 0.1) is 11.8 Å². The molecule has 1 saturated heterocycles. The van der Waals surface area contributed by atoms with Crippen LogP contribution in [0.4, 0.5) is 0 Å². The molecule has 1 aliphatic heterocycles. The van der Waals surface area contributed by atoms with E-state index >= 15 is 0 Å². The van der Waals surface area contributed by atoms with Crippen LogP contribution in [-0.2, 0) is 14.8 Å². The highest BCUT2D eigenvalue weighted by molar-refractivity contribution is 7.89. The van der Waals surface area contributed by atoms with Crippen molar-refractivity contribution in [2.75, 3.05) is 19.6 Å². The summed E-state index contributed by atoms with van der Waals surface area (Å²) >= 11 is 0. The minimum Gasteiger partial charge on any atom is -0.356 e. The Balaban J connectivity index is 1.58. The molecule has 3 rings (SSSR count). The SMILES string of the molecule is O=C(NCC1CCCCC1)C1CCCN(S(=O)(=O)c2ccccc2)C1. The van der Waals surface area contributed by atoms with Crippen molar-refractivity contribution in [1.29, 1.82) is 0 Å². The van der Waals surface area contributed by atoms with Gasteiger partial charge in [0.05, 0.1) is 10.8 Å². The van der Waals surface area contributed by atoms with Crippen molar-refractivity contribution in [2.24, 2.45) is 11.8 Å². The van der Waals surface area contributed by atoms with Crippen LogP contribution < -0.4 is 5.32 Å². The number of hydrogen-bond donors (Lipinski definition) is 1. The minimum absolute atomic E-state index is 0.0125. The third kappa shape index (κ3) is 4.61. The van der Waals surface area contributed by atoms with Gasteiger partial charge in [-0.05, 0) is 43.7 Å². The van der Waals surface area contributed by atoms with Gasteiger partial charge < -0.3 is 5.32 Å². The molecule has 0 aromatic heterocycles. The van der Waals surface area contributed by atoms with Gasteiger partial charge in [0.15, 0.2) is 0 Å². The summed E-state index contributed by atoms with van der Waals surface area (Å²) < 4.78 is 27.0. The van der Waals surface area contributed by atoms with Crippen LogP contribution in [0.2, 0.25) is 0 Å². The van der Waals surface area contributed by atoms with Gasteiger partial charge in [-0.1, -0.05) is 37.5 Å². The molecule has 1 saturated carbocycles. The number of nitrogens with zero attached hydrogens (tertiary/aromatic N) is 1. The second-order valence-corrected chi connectivity index (χ2v) is 9.20. The number of hydrogen-bond acceptors (Lipinski definition) is 3. The Morgan fingerprint density at radius 1 is 1.04 bits per heavy atom. The molecule has 1 unspecified atom stereocenters. The summed E-state index contributed by atoms with van der Waals surface area (Å²) in [5, 5.41) is 3.07. The predicted molar refractivity (Wildman–Crippen MR) is 97.5 cm³/mol. The van der Waals surface area contributed by atoms with E-state index in [1.165, 1.54) is 36.4 Å². The monoisotopic (exact) mass is 364 g/mol. The van der Waals surface area contributed by atoms with Crippen molar-refractivity contribution >= 4 is 15.9 Å². The van der Waals surface area contributed by atoms with Crippen LogP contribution in [0.15, 0.2) is 35.2 Å². The van der Waals surface area contributed by atoms with Crippen LogP contribution in [0.5, 0.6) is 0 Å². The highest BCUT2D eigenvalue weighted by Crippen LogP contribution is 2.25. The molecular formula is C19H28N2O3S. The number of nitrogens with one attached hydrogen (secondary N) is 1. The van der Waals surface area contributed by atoms with Crippen LogP contribution >= 0.6 is 0 Å². The molecule has 0 radical (unpaired) electrons. The average molecular weight is 365 g/mol. The molecule has 1 heterocycles. The van der Waals surface area contributed by atoms with E-state index in [0.717, 1.165) is 19.4 Å². The molecular weight excluding hydrogens is 336 g/mol. The fourth-order valence-corrected chi connectivity index (χ4v) is 5.44. The normalized spacial score (nSPS) is 23.3. The maximum atomic E-state index is 12.8. The zero-order valence-electron chi connectivity index (χ0n) is 14.7. The maximum Gasteiger partial charge on any atom is 0.243 e. The van der Waals surface area contributed by atoms with E-state index in [1.54, 1.807) is 30.3 Å². The Morgan fingerprint density at radius 3 is 2.48 bits per heavy atom. The maximum absolute atomic E-state index is 12.8. The number of benzene rings is 1. The fraction of sp³-hybridized carbons (Fsp3) is 0.632. The summed E-state index contributed by atoms with van der Waals surface area (Å²) in [4.78, 5) is 12.8. The van der Waals surface area contributed by atoms with Crippen LogP contribution in [0.3, 0.4) is 0 Å². The highest BCUT2D eigenvalue weighted by Gasteiger charge is 2.33. The summed E-state index contributed by atoms with van der Waals surface area (Å²) in [5.74, 6) is 0.361. The van der Waals surface area contributed by atoms with E-state index in [1.807, 2.05) is 0 Å². The Hall–Kier alpha value is -1.40. The Labute approximate surface area is 150 Å². The van der Waals surface area contributed by atoms with Gasteiger partial charge >= 0.3 is 0 Å². The van der Waals surface area contributed by atoms with Crippen molar-refractivity contribution in [3.05, 3.63) is 30.3 Å². The van der Waals surface area contributed by atoms with Crippen molar-refractivity contribution in [1.82, 2.24) is 9.62 Å². The first-order chi connectivity index (χ1) is 12.1. The van der Waals surface area contributed by atoms with Crippen LogP contribution in [0.25, 0.3) is 0 Å². The van der Waals surface area contributed by atoms with E-state index in [-0.39, 0.29) is 18.4 Å². The quantitative estimate of drug-likeness (QED) is 0.874. The summed E-state index contributed by atoms with van der Waals surface area (Å²) in [5.41, 5.74) is 0. The Bertz CT molecular complexity index is 669. The summed E-state index contributed by atoms with van der Waals surface area (Å²) in [6.45, 7) is 1.51. The number of carbonyl (C=O) groups is 1. The molecule has 0 spiro atoms. The van der Waals surface area contributed by atoms with E-state index in [4.69, 9.17) is 0 Å².